The minimum atomic E-state index is -0.0575. The number of rotatable bonds is 9. The van der Waals surface area contributed by atoms with Crippen LogP contribution in [0.25, 0.3) is 10.9 Å². The van der Waals surface area contributed by atoms with Crippen LogP contribution in [0, 0.1) is 5.92 Å². The van der Waals surface area contributed by atoms with Crippen molar-refractivity contribution in [1.82, 2.24) is 15.2 Å². The Morgan fingerprint density at radius 3 is 2.53 bits per heavy atom. The number of hydrogen-bond donors (Lipinski definition) is 1. The van der Waals surface area contributed by atoms with Crippen LogP contribution in [0.3, 0.4) is 0 Å². The fourth-order valence-corrected chi connectivity index (χ4v) is 4.32. The fraction of sp³-hybridized carbons (Fsp3) is 0.333. The van der Waals surface area contributed by atoms with E-state index in [-0.39, 0.29) is 5.91 Å². The molecule has 0 spiro atoms. The van der Waals surface area contributed by atoms with E-state index in [0.717, 1.165) is 40.5 Å². The van der Waals surface area contributed by atoms with Gasteiger partial charge in [-0.2, -0.15) is 0 Å². The first-order valence-corrected chi connectivity index (χ1v) is 11.5. The van der Waals surface area contributed by atoms with Gasteiger partial charge in [0.2, 0.25) is 0 Å². The van der Waals surface area contributed by atoms with Crippen molar-refractivity contribution in [2.75, 3.05) is 26.2 Å². The second kappa shape index (κ2) is 10.8. The maximum absolute atomic E-state index is 13.1. The van der Waals surface area contributed by atoms with E-state index in [1.165, 1.54) is 11.8 Å². The number of carbonyl (C=O) groups excluding carboxylic acids is 1. The number of aromatic nitrogens is 1. The highest BCUT2D eigenvalue weighted by Gasteiger charge is 2.15. The highest BCUT2D eigenvalue weighted by atomic mass is 35.5. The van der Waals surface area contributed by atoms with Gasteiger partial charge < -0.3 is 10.2 Å². The summed E-state index contributed by atoms with van der Waals surface area (Å²) in [7, 11) is 0. The minimum absolute atomic E-state index is 0.0575. The second-order valence-corrected chi connectivity index (χ2v) is 8.91. The third kappa shape index (κ3) is 5.97. The van der Waals surface area contributed by atoms with Gasteiger partial charge in [-0.05, 0) is 55.4 Å². The molecule has 0 aliphatic heterocycles. The molecule has 0 saturated heterocycles. The molecule has 0 fully saturated rings. The molecular weight excluding hydrogens is 414 g/mol. The smallest absolute Gasteiger partial charge is 0.252 e. The zero-order valence-corrected chi connectivity index (χ0v) is 19.3. The summed E-state index contributed by atoms with van der Waals surface area (Å²) in [4.78, 5) is 21.2. The molecule has 1 N–H and O–H groups in total. The number of nitrogens with one attached hydrogen (secondary N) is 1. The number of benzene rings is 2. The zero-order valence-electron chi connectivity index (χ0n) is 17.7. The third-order valence-electron chi connectivity index (χ3n) is 5.05. The molecule has 30 heavy (non-hydrogen) atoms. The molecule has 6 heteroatoms. The summed E-state index contributed by atoms with van der Waals surface area (Å²) >= 11 is 7.51. The Kier molecular flexibility index (Phi) is 8.14. The number of pyridine rings is 1. The van der Waals surface area contributed by atoms with Crippen LogP contribution in [0.4, 0.5) is 0 Å². The fourth-order valence-electron chi connectivity index (χ4n) is 3.36. The normalized spacial score (nSPS) is 12.3. The summed E-state index contributed by atoms with van der Waals surface area (Å²) in [5, 5.41) is 5.48. The van der Waals surface area contributed by atoms with E-state index in [0.29, 0.717) is 23.0 Å². The summed E-state index contributed by atoms with van der Waals surface area (Å²) < 4.78 is 0. The van der Waals surface area contributed by atoms with E-state index >= 15 is 0 Å². The van der Waals surface area contributed by atoms with Crippen molar-refractivity contribution in [3.05, 3.63) is 65.2 Å². The Morgan fingerprint density at radius 2 is 1.83 bits per heavy atom. The summed E-state index contributed by atoms with van der Waals surface area (Å²) in [5.74, 6) is 0.322. The topological polar surface area (TPSA) is 45.2 Å². The first-order valence-electron chi connectivity index (χ1n) is 10.3. The average Bonchev–Trinajstić information content (AvgIpc) is 2.76. The van der Waals surface area contributed by atoms with Gasteiger partial charge in [-0.15, -0.1) is 0 Å². The number of amides is 1. The van der Waals surface area contributed by atoms with Gasteiger partial charge in [0.05, 0.1) is 11.1 Å². The number of hydrogen-bond acceptors (Lipinski definition) is 4. The maximum atomic E-state index is 13.1. The molecule has 3 rings (SSSR count). The average molecular weight is 442 g/mol. The Morgan fingerprint density at radius 1 is 1.13 bits per heavy atom. The van der Waals surface area contributed by atoms with Gasteiger partial charge in [0.25, 0.3) is 5.91 Å². The van der Waals surface area contributed by atoms with Gasteiger partial charge in [0.1, 0.15) is 5.03 Å². The molecule has 158 valence electrons. The molecule has 1 amide bonds. The molecule has 4 nitrogen and oxygen atoms in total. The van der Waals surface area contributed by atoms with Crippen molar-refractivity contribution in [3.8, 4) is 0 Å². The standard InChI is InChI=1S/C24H28ClN3OS/c1-4-28(5-2)16-17(3)15-26-24(29)21-14-23(27-22-9-7-6-8-20(21)22)30-19-12-10-18(25)11-13-19/h6-14,17H,4-5,15-16H2,1-3H3,(H,26,29). The molecule has 1 aromatic heterocycles. The molecule has 0 radical (unpaired) electrons. The molecule has 2 aromatic carbocycles. The van der Waals surface area contributed by atoms with Crippen molar-refractivity contribution in [1.29, 1.82) is 0 Å². The van der Waals surface area contributed by atoms with Crippen LogP contribution >= 0.6 is 23.4 Å². The summed E-state index contributed by atoms with van der Waals surface area (Å²) in [6.45, 7) is 10.2. The lowest BCUT2D eigenvalue weighted by atomic mass is 10.1. The molecule has 0 saturated carbocycles. The van der Waals surface area contributed by atoms with Crippen LogP contribution in [-0.4, -0.2) is 42.0 Å². The molecule has 3 aromatic rings. The van der Waals surface area contributed by atoms with Crippen LogP contribution in [-0.2, 0) is 0 Å². The summed E-state index contributed by atoms with van der Waals surface area (Å²) in [5.41, 5.74) is 1.48. The molecule has 1 atom stereocenters. The van der Waals surface area contributed by atoms with E-state index in [2.05, 4.69) is 31.0 Å². The molecule has 1 unspecified atom stereocenters. The van der Waals surface area contributed by atoms with Gasteiger partial charge in [0, 0.05) is 28.4 Å². The van der Waals surface area contributed by atoms with Crippen molar-refractivity contribution < 1.29 is 4.79 Å². The van der Waals surface area contributed by atoms with Crippen LogP contribution in [0.1, 0.15) is 31.1 Å². The quantitative estimate of drug-likeness (QED) is 0.459. The van der Waals surface area contributed by atoms with Crippen molar-refractivity contribution >= 4 is 40.2 Å². The lowest BCUT2D eigenvalue weighted by molar-refractivity contribution is 0.0946. The Balaban J connectivity index is 1.79. The maximum Gasteiger partial charge on any atom is 0.252 e. The van der Waals surface area contributed by atoms with Crippen LogP contribution in [0.5, 0.6) is 0 Å². The molecule has 0 bridgehead atoms. The largest absolute Gasteiger partial charge is 0.352 e. The lowest BCUT2D eigenvalue weighted by Gasteiger charge is -2.23. The first-order chi connectivity index (χ1) is 14.5. The van der Waals surface area contributed by atoms with E-state index in [4.69, 9.17) is 16.6 Å². The van der Waals surface area contributed by atoms with Gasteiger partial charge in [-0.25, -0.2) is 4.98 Å². The Bertz CT molecular complexity index is 989. The number of para-hydroxylation sites is 1. The molecule has 1 heterocycles. The van der Waals surface area contributed by atoms with E-state index < -0.39 is 0 Å². The molecular formula is C24H28ClN3OS. The van der Waals surface area contributed by atoms with Crippen molar-refractivity contribution in [2.45, 2.75) is 30.7 Å². The van der Waals surface area contributed by atoms with Crippen molar-refractivity contribution in [2.24, 2.45) is 5.92 Å². The lowest BCUT2D eigenvalue weighted by Crippen LogP contribution is -2.35. The SMILES string of the molecule is CCN(CC)CC(C)CNC(=O)c1cc(Sc2ccc(Cl)cc2)nc2ccccc12. The van der Waals surface area contributed by atoms with E-state index in [1.54, 1.807) is 0 Å². The first kappa shape index (κ1) is 22.6. The molecule has 0 aliphatic rings. The number of halogens is 1. The highest BCUT2D eigenvalue weighted by Crippen LogP contribution is 2.30. The van der Waals surface area contributed by atoms with Crippen molar-refractivity contribution in [3.63, 3.8) is 0 Å². The number of nitrogens with zero attached hydrogens (tertiary/aromatic N) is 2. The second-order valence-electron chi connectivity index (χ2n) is 7.38. The van der Waals surface area contributed by atoms with Crippen LogP contribution in [0.2, 0.25) is 5.02 Å². The van der Waals surface area contributed by atoms with Gasteiger partial charge in [-0.3, -0.25) is 4.79 Å². The predicted octanol–water partition coefficient (Wildman–Crippen LogP) is 5.75. The monoisotopic (exact) mass is 441 g/mol. The summed E-state index contributed by atoms with van der Waals surface area (Å²) in [6.07, 6.45) is 0. The van der Waals surface area contributed by atoms with Crippen LogP contribution < -0.4 is 5.32 Å². The summed E-state index contributed by atoms with van der Waals surface area (Å²) in [6, 6.07) is 17.3. The van der Waals surface area contributed by atoms with E-state index in [1.807, 2.05) is 54.6 Å². The zero-order chi connectivity index (χ0) is 21.5. The predicted molar refractivity (Wildman–Crippen MR) is 127 cm³/mol. The minimum Gasteiger partial charge on any atom is -0.352 e. The van der Waals surface area contributed by atoms with E-state index in [9.17, 15) is 4.79 Å². The third-order valence-corrected chi connectivity index (χ3v) is 6.23. The highest BCUT2D eigenvalue weighted by molar-refractivity contribution is 7.99. The molecule has 0 aliphatic carbocycles. The number of carbonyl (C=O) groups is 1. The Labute approximate surface area is 188 Å². The van der Waals surface area contributed by atoms with Crippen LogP contribution in [0.15, 0.2) is 64.5 Å². The van der Waals surface area contributed by atoms with Gasteiger partial charge in [-0.1, -0.05) is 62.3 Å². The Hall–Kier alpha value is -2.08. The van der Waals surface area contributed by atoms with Gasteiger partial charge in [0.15, 0.2) is 0 Å². The number of fused-ring (bicyclic) bond motifs is 1. The van der Waals surface area contributed by atoms with Gasteiger partial charge >= 0.3 is 0 Å².